The summed E-state index contributed by atoms with van der Waals surface area (Å²) in [6, 6.07) is 0. The van der Waals surface area contributed by atoms with Gasteiger partial charge in [0.15, 0.2) is 5.69 Å². The third kappa shape index (κ3) is 3.45. The number of likely N-dealkylation sites (tertiary alicyclic amines) is 1. The van der Waals surface area contributed by atoms with E-state index in [1.54, 1.807) is 4.90 Å². The topological polar surface area (TPSA) is 58.2 Å². The Bertz CT molecular complexity index is 533. The zero-order valence-electron chi connectivity index (χ0n) is 12.5. The number of aromatic amines is 1. The van der Waals surface area contributed by atoms with Crippen LogP contribution in [0.15, 0.2) is 0 Å². The van der Waals surface area contributed by atoms with E-state index in [0.29, 0.717) is 25.2 Å². The van der Waals surface area contributed by atoms with Crippen molar-refractivity contribution in [1.82, 2.24) is 15.1 Å². The van der Waals surface area contributed by atoms with E-state index in [9.17, 15) is 13.6 Å². The summed E-state index contributed by atoms with van der Waals surface area (Å²) in [6.45, 7) is 0.662. The fourth-order valence-electron chi connectivity index (χ4n) is 3.29. The lowest BCUT2D eigenvalue weighted by molar-refractivity contribution is 0.0294. The molecule has 1 fully saturated rings. The number of H-pyrrole nitrogens is 1. The highest BCUT2D eigenvalue weighted by Gasteiger charge is 2.29. The summed E-state index contributed by atoms with van der Waals surface area (Å²) >= 11 is 0. The molecule has 0 saturated carbocycles. The highest BCUT2D eigenvalue weighted by molar-refractivity contribution is 5.89. The third-order valence-electron chi connectivity index (χ3n) is 4.40. The maximum absolute atomic E-state index is 12.4. The van der Waals surface area contributed by atoms with Gasteiger partial charge in [-0.05, 0) is 32.1 Å². The van der Waals surface area contributed by atoms with Crippen molar-refractivity contribution in [3.63, 3.8) is 0 Å². The molecule has 1 atom stereocenters. The molecule has 5 nitrogen and oxygen atoms in total. The van der Waals surface area contributed by atoms with Crippen molar-refractivity contribution < 1.29 is 18.3 Å². The van der Waals surface area contributed by atoms with Gasteiger partial charge in [-0.2, -0.15) is 5.10 Å². The fraction of sp³-hybridized carbons (Fsp3) is 0.733. The van der Waals surface area contributed by atoms with Gasteiger partial charge in [0.2, 0.25) is 0 Å². The van der Waals surface area contributed by atoms with Crippen LogP contribution in [0, 0.1) is 0 Å². The van der Waals surface area contributed by atoms with Gasteiger partial charge in [0, 0.05) is 24.3 Å². The number of hydrogen-bond donors (Lipinski definition) is 1. The lowest BCUT2D eigenvalue weighted by atomic mass is 10.1. The van der Waals surface area contributed by atoms with Crippen LogP contribution in [0.25, 0.3) is 0 Å². The van der Waals surface area contributed by atoms with Crippen molar-refractivity contribution in [3.05, 3.63) is 17.0 Å². The Kier molecular flexibility index (Phi) is 4.71. The minimum absolute atomic E-state index is 0.258. The Balaban J connectivity index is 1.60. The number of ether oxygens (including phenoxy) is 1. The Morgan fingerprint density at radius 1 is 1.36 bits per heavy atom. The lowest BCUT2D eigenvalue weighted by Crippen LogP contribution is -2.29. The fourth-order valence-corrected chi connectivity index (χ4v) is 3.29. The van der Waals surface area contributed by atoms with Gasteiger partial charge in [0.25, 0.3) is 6.43 Å². The van der Waals surface area contributed by atoms with E-state index in [-0.39, 0.29) is 12.6 Å². The first-order valence-electron chi connectivity index (χ1n) is 7.91. The first-order valence-corrected chi connectivity index (χ1v) is 7.91. The Morgan fingerprint density at radius 3 is 3.00 bits per heavy atom. The predicted molar refractivity (Wildman–Crippen MR) is 76.1 cm³/mol. The first-order chi connectivity index (χ1) is 10.6. The molecule has 1 aromatic rings. The van der Waals surface area contributed by atoms with E-state index < -0.39 is 12.4 Å². The second-order valence-electron chi connectivity index (χ2n) is 6.06. The van der Waals surface area contributed by atoms with E-state index in [1.807, 2.05) is 0 Å². The molecule has 1 aliphatic carbocycles. The number of fused-ring (bicyclic) bond motifs is 1. The number of alkyl halides is 2. The van der Waals surface area contributed by atoms with Crippen LogP contribution in [0.1, 0.15) is 47.4 Å². The van der Waals surface area contributed by atoms with Gasteiger partial charge in [-0.1, -0.05) is 6.42 Å². The Morgan fingerprint density at radius 2 is 2.18 bits per heavy atom. The van der Waals surface area contributed by atoms with Crippen LogP contribution < -0.4 is 0 Å². The molecular weight excluding hydrogens is 292 g/mol. The van der Waals surface area contributed by atoms with E-state index in [1.165, 1.54) is 0 Å². The van der Waals surface area contributed by atoms with E-state index in [2.05, 4.69) is 10.2 Å². The number of carbonyl (C=O) groups is 1. The quantitative estimate of drug-likeness (QED) is 0.684. The molecule has 2 heterocycles. The molecule has 2 aliphatic rings. The number of aromatic nitrogens is 2. The van der Waals surface area contributed by atoms with Gasteiger partial charge in [-0.25, -0.2) is 13.6 Å². The molecule has 3 rings (SSSR count). The molecule has 0 bridgehead atoms. The van der Waals surface area contributed by atoms with Crippen molar-refractivity contribution in [1.29, 1.82) is 0 Å². The van der Waals surface area contributed by atoms with Crippen molar-refractivity contribution >= 4 is 5.97 Å². The predicted octanol–water partition coefficient (Wildman–Crippen LogP) is 2.17. The largest absolute Gasteiger partial charge is 0.456 e. The van der Waals surface area contributed by atoms with Crippen LogP contribution in [0.4, 0.5) is 8.78 Å². The monoisotopic (exact) mass is 313 g/mol. The average molecular weight is 313 g/mol. The van der Waals surface area contributed by atoms with Gasteiger partial charge < -0.3 is 4.74 Å². The van der Waals surface area contributed by atoms with Crippen LogP contribution in [0.2, 0.25) is 0 Å². The zero-order valence-corrected chi connectivity index (χ0v) is 12.5. The summed E-state index contributed by atoms with van der Waals surface area (Å²) in [5, 5.41) is 7.06. The number of halogens is 2. The van der Waals surface area contributed by atoms with Crippen LogP contribution in [0.5, 0.6) is 0 Å². The molecule has 0 amide bonds. The smallest absolute Gasteiger partial charge is 0.359 e. The molecule has 1 saturated heterocycles. The number of nitrogens with one attached hydrogen (secondary N) is 1. The van der Waals surface area contributed by atoms with Crippen molar-refractivity contribution in [2.75, 3.05) is 19.6 Å². The van der Waals surface area contributed by atoms with Crippen LogP contribution >= 0.6 is 0 Å². The molecule has 7 heteroatoms. The van der Waals surface area contributed by atoms with Crippen molar-refractivity contribution in [2.24, 2.45) is 0 Å². The molecule has 1 N–H and O–H groups in total. The van der Waals surface area contributed by atoms with Crippen LogP contribution in [-0.2, 0) is 17.6 Å². The molecule has 0 unspecified atom stereocenters. The maximum atomic E-state index is 12.4. The van der Waals surface area contributed by atoms with E-state index >= 15 is 0 Å². The maximum Gasteiger partial charge on any atom is 0.359 e. The summed E-state index contributed by atoms with van der Waals surface area (Å²) < 4.78 is 30.2. The Labute approximate surface area is 128 Å². The number of nitrogens with zero attached hydrogens (tertiary/aromatic N) is 2. The number of carbonyl (C=O) groups excluding carboxylic acids is 1. The van der Waals surface area contributed by atoms with Gasteiger partial charge in [0.1, 0.15) is 6.10 Å². The zero-order chi connectivity index (χ0) is 15.5. The standard InChI is InChI=1S/C15H21F2N3O2/c16-13(17)9-20-7-6-10(8-20)22-15(21)14-11-4-2-1-3-5-12(11)18-19-14/h10,13H,1-9H2,(H,18,19)/t10-/m0/s1. The molecular formula is C15H21F2N3O2. The number of rotatable bonds is 4. The van der Waals surface area contributed by atoms with Crippen LogP contribution in [-0.4, -0.2) is 53.2 Å². The number of aryl methyl sites for hydroxylation is 1. The number of esters is 1. The van der Waals surface area contributed by atoms with Gasteiger partial charge in [-0.15, -0.1) is 0 Å². The lowest BCUT2D eigenvalue weighted by Gasteiger charge is -2.15. The third-order valence-corrected chi connectivity index (χ3v) is 4.40. The molecule has 0 aromatic carbocycles. The minimum Gasteiger partial charge on any atom is -0.456 e. The summed E-state index contributed by atoms with van der Waals surface area (Å²) in [6.07, 6.45) is 3.02. The first kappa shape index (κ1) is 15.4. The number of hydrogen-bond acceptors (Lipinski definition) is 4. The molecule has 1 aliphatic heterocycles. The van der Waals surface area contributed by atoms with Crippen molar-refractivity contribution in [2.45, 2.75) is 51.1 Å². The molecule has 22 heavy (non-hydrogen) atoms. The molecule has 122 valence electrons. The summed E-state index contributed by atoms with van der Waals surface area (Å²) in [5.41, 5.74) is 2.39. The highest BCUT2D eigenvalue weighted by Crippen LogP contribution is 2.23. The second-order valence-corrected chi connectivity index (χ2v) is 6.06. The van der Waals surface area contributed by atoms with Crippen LogP contribution in [0.3, 0.4) is 0 Å². The molecule has 1 aromatic heterocycles. The Hall–Kier alpha value is -1.50. The van der Waals surface area contributed by atoms with Crippen molar-refractivity contribution in [3.8, 4) is 0 Å². The van der Waals surface area contributed by atoms with E-state index in [4.69, 9.17) is 4.74 Å². The summed E-state index contributed by atoms with van der Waals surface area (Å²) in [4.78, 5) is 13.9. The SMILES string of the molecule is O=C(O[C@H]1CCN(CC(F)F)C1)c1n[nH]c2c1CCCCC2. The molecule has 0 spiro atoms. The van der Waals surface area contributed by atoms with Gasteiger partial charge in [-0.3, -0.25) is 10.00 Å². The van der Waals surface area contributed by atoms with E-state index in [0.717, 1.165) is 43.4 Å². The highest BCUT2D eigenvalue weighted by atomic mass is 19.3. The van der Waals surface area contributed by atoms with Gasteiger partial charge in [0.05, 0.1) is 6.54 Å². The normalized spacial score (nSPS) is 22.6. The van der Waals surface area contributed by atoms with Gasteiger partial charge >= 0.3 is 5.97 Å². The summed E-state index contributed by atoms with van der Waals surface area (Å²) in [7, 11) is 0. The molecule has 0 radical (unpaired) electrons. The summed E-state index contributed by atoms with van der Waals surface area (Å²) in [5.74, 6) is -0.428. The second kappa shape index (κ2) is 6.73. The minimum atomic E-state index is -2.35. The average Bonchev–Trinajstić information content (AvgIpc) is 2.99.